The van der Waals surface area contributed by atoms with Gasteiger partial charge in [0.15, 0.2) is 0 Å². The smallest absolute Gasteiger partial charge is 0.240 e. The van der Waals surface area contributed by atoms with Crippen molar-refractivity contribution in [1.29, 1.82) is 0 Å². The highest BCUT2D eigenvalue weighted by Gasteiger charge is 2.53. The Hall–Kier alpha value is -1.68. The lowest BCUT2D eigenvalue weighted by molar-refractivity contribution is -0.145. The van der Waals surface area contributed by atoms with Gasteiger partial charge in [-0.3, -0.25) is 14.5 Å². The van der Waals surface area contributed by atoms with Gasteiger partial charge in [0.25, 0.3) is 0 Å². The predicted octanol–water partition coefficient (Wildman–Crippen LogP) is 1.44. The Balaban J connectivity index is 2.43. The zero-order valence-corrected chi connectivity index (χ0v) is 11.6. The fraction of sp³-hybridized carbons (Fsp3) is 0.467. The molecule has 1 aliphatic rings. The summed E-state index contributed by atoms with van der Waals surface area (Å²) in [4.78, 5) is 26.3. The molecule has 1 aliphatic heterocycles. The van der Waals surface area contributed by atoms with Gasteiger partial charge in [0.1, 0.15) is 0 Å². The molecule has 0 aromatic heterocycles. The van der Waals surface area contributed by atoms with Gasteiger partial charge in [-0.25, -0.2) is 0 Å². The van der Waals surface area contributed by atoms with Crippen molar-refractivity contribution in [3.05, 3.63) is 35.9 Å². The van der Waals surface area contributed by atoms with E-state index in [4.69, 9.17) is 5.73 Å². The first-order valence-electron chi connectivity index (χ1n) is 6.46. The van der Waals surface area contributed by atoms with Gasteiger partial charge in [-0.05, 0) is 26.3 Å². The monoisotopic (exact) mass is 260 g/mol. The molecule has 2 rings (SSSR count). The van der Waals surface area contributed by atoms with Crippen LogP contribution in [-0.2, 0) is 15.0 Å². The number of hydrogen-bond acceptors (Lipinski definition) is 3. The van der Waals surface area contributed by atoms with Crippen LogP contribution in [0, 0.1) is 0 Å². The van der Waals surface area contributed by atoms with Gasteiger partial charge < -0.3 is 5.73 Å². The first-order valence-corrected chi connectivity index (χ1v) is 6.46. The number of carbonyl (C=O) groups excluding carboxylic acids is 2. The maximum absolute atomic E-state index is 12.7. The van der Waals surface area contributed by atoms with Crippen LogP contribution in [0.2, 0.25) is 0 Å². The molecule has 0 radical (unpaired) electrons. The summed E-state index contributed by atoms with van der Waals surface area (Å²) < 4.78 is 0. The first-order chi connectivity index (χ1) is 8.83. The second-order valence-electron chi connectivity index (χ2n) is 5.93. The van der Waals surface area contributed by atoms with Crippen LogP contribution in [0.25, 0.3) is 0 Å². The van der Waals surface area contributed by atoms with Gasteiger partial charge in [0, 0.05) is 13.0 Å². The number of benzene rings is 1. The lowest BCUT2D eigenvalue weighted by atomic mass is 9.81. The molecule has 4 nitrogen and oxygen atoms in total. The summed E-state index contributed by atoms with van der Waals surface area (Å²) in [6.07, 6.45) is 0.208. The number of amides is 2. The Kier molecular flexibility index (Phi) is 3.22. The molecule has 1 unspecified atom stereocenters. The van der Waals surface area contributed by atoms with Gasteiger partial charge in [-0.2, -0.15) is 0 Å². The molecule has 0 bridgehead atoms. The van der Waals surface area contributed by atoms with Gasteiger partial charge >= 0.3 is 0 Å². The van der Waals surface area contributed by atoms with Crippen molar-refractivity contribution in [1.82, 2.24) is 4.90 Å². The highest BCUT2D eigenvalue weighted by Crippen LogP contribution is 2.39. The molecule has 2 N–H and O–H groups in total. The first kappa shape index (κ1) is 13.7. The van der Waals surface area contributed by atoms with Crippen LogP contribution in [0.3, 0.4) is 0 Å². The summed E-state index contributed by atoms with van der Waals surface area (Å²) in [6.45, 7) is 5.73. The van der Waals surface area contributed by atoms with Crippen molar-refractivity contribution in [3.63, 3.8) is 0 Å². The number of carbonyl (C=O) groups is 2. The van der Waals surface area contributed by atoms with Crippen LogP contribution in [0.4, 0.5) is 0 Å². The topological polar surface area (TPSA) is 63.4 Å². The molecule has 102 valence electrons. The van der Waals surface area contributed by atoms with E-state index < -0.39 is 11.0 Å². The molecule has 1 fully saturated rings. The van der Waals surface area contributed by atoms with Crippen molar-refractivity contribution in [2.24, 2.45) is 5.73 Å². The van der Waals surface area contributed by atoms with E-state index in [0.29, 0.717) is 0 Å². The van der Waals surface area contributed by atoms with Gasteiger partial charge in [0.05, 0.1) is 11.0 Å². The lowest BCUT2D eigenvalue weighted by Crippen LogP contribution is -2.53. The molecule has 1 aromatic rings. The van der Waals surface area contributed by atoms with Crippen molar-refractivity contribution in [2.45, 2.75) is 38.1 Å². The zero-order valence-electron chi connectivity index (χ0n) is 11.6. The van der Waals surface area contributed by atoms with Crippen molar-refractivity contribution in [3.8, 4) is 0 Å². The number of nitrogens with zero attached hydrogens (tertiary/aromatic N) is 1. The van der Waals surface area contributed by atoms with Crippen LogP contribution >= 0.6 is 0 Å². The highest BCUT2D eigenvalue weighted by atomic mass is 16.2. The van der Waals surface area contributed by atoms with Crippen LogP contribution in [0.15, 0.2) is 30.3 Å². The summed E-state index contributed by atoms with van der Waals surface area (Å²) in [7, 11) is 0. The largest absolute Gasteiger partial charge is 0.328 e. The van der Waals surface area contributed by atoms with Crippen molar-refractivity contribution < 1.29 is 9.59 Å². The Morgan fingerprint density at radius 2 is 1.84 bits per heavy atom. The summed E-state index contributed by atoms with van der Waals surface area (Å²) >= 11 is 0. The number of nitrogens with two attached hydrogens (primary N) is 1. The maximum Gasteiger partial charge on any atom is 0.240 e. The van der Waals surface area contributed by atoms with E-state index >= 15 is 0 Å². The second kappa shape index (κ2) is 4.46. The van der Waals surface area contributed by atoms with E-state index in [1.165, 1.54) is 4.90 Å². The number of hydrogen-bond donors (Lipinski definition) is 1. The molecule has 4 heteroatoms. The number of rotatable bonds is 3. The lowest BCUT2D eigenvalue weighted by Gasteiger charge is -2.34. The van der Waals surface area contributed by atoms with Gasteiger partial charge in [0.2, 0.25) is 11.8 Å². The Labute approximate surface area is 113 Å². The van der Waals surface area contributed by atoms with Gasteiger partial charge in [-0.15, -0.1) is 0 Å². The summed E-state index contributed by atoms with van der Waals surface area (Å²) in [5.41, 5.74) is 5.16. The van der Waals surface area contributed by atoms with Crippen LogP contribution in [-0.4, -0.2) is 28.8 Å². The standard InChI is InChI=1S/C15H20N2O2/c1-14(2,10-16)17-12(18)9-15(3,13(17)19)11-7-5-4-6-8-11/h4-8H,9-10,16H2,1-3H3. The average molecular weight is 260 g/mol. The predicted molar refractivity (Wildman–Crippen MR) is 73.4 cm³/mol. The SMILES string of the molecule is CC1(c2ccccc2)CC(=O)N(C(C)(C)CN)C1=O. The number of likely N-dealkylation sites (tertiary alicyclic amines) is 1. The minimum absolute atomic E-state index is 0.146. The summed E-state index contributed by atoms with van der Waals surface area (Å²) in [6, 6.07) is 9.45. The molecular formula is C15H20N2O2. The minimum Gasteiger partial charge on any atom is -0.328 e. The van der Waals surface area contributed by atoms with E-state index in [0.717, 1.165) is 5.56 Å². The van der Waals surface area contributed by atoms with E-state index in [1.54, 1.807) is 0 Å². The third-order valence-corrected chi connectivity index (χ3v) is 3.95. The van der Waals surface area contributed by atoms with E-state index in [-0.39, 0.29) is 24.8 Å². The normalized spacial score (nSPS) is 24.1. The Morgan fingerprint density at radius 1 is 1.26 bits per heavy atom. The molecule has 2 amide bonds. The average Bonchev–Trinajstić information content (AvgIpc) is 2.62. The third-order valence-electron chi connectivity index (χ3n) is 3.95. The number of imide groups is 1. The molecule has 1 saturated heterocycles. The highest BCUT2D eigenvalue weighted by molar-refractivity contribution is 6.09. The fourth-order valence-corrected chi connectivity index (χ4v) is 2.55. The Morgan fingerprint density at radius 3 is 2.37 bits per heavy atom. The van der Waals surface area contributed by atoms with Crippen LogP contribution < -0.4 is 5.73 Å². The van der Waals surface area contributed by atoms with E-state index in [9.17, 15) is 9.59 Å². The van der Waals surface area contributed by atoms with Crippen LogP contribution in [0.5, 0.6) is 0 Å². The third kappa shape index (κ3) is 2.06. The molecule has 1 aromatic carbocycles. The quantitative estimate of drug-likeness (QED) is 0.836. The summed E-state index contributed by atoms with van der Waals surface area (Å²) in [5.74, 6) is -0.300. The van der Waals surface area contributed by atoms with Crippen molar-refractivity contribution >= 4 is 11.8 Å². The maximum atomic E-state index is 12.7. The van der Waals surface area contributed by atoms with Crippen molar-refractivity contribution in [2.75, 3.05) is 6.54 Å². The van der Waals surface area contributed by atoms with E-state index in [2.05, 4.69) is 0 Å². The molecule has 19 heavy (non-hydrogen) atoms. The molecule has 0 saturated carbocycles. The molecular weight excluding hydrogens is 240 g/mol. The molecule has 1 atom stereocenters. The fourth-order valence-electron chi connectivity index (χ4n) is 2.55. The zero-order chi connectivity index (χ0) is 14.3. The van der Waals surface area contributed by atoms with Crippen LogP contribution in [0.1, 0.15) is 32.8 Å². The Bertz CT molecular complexity index is 510. The molecule has 0 aliphatic carbocycles. The summed E-state index contributed by atoms with van der Waals surface area (Å²) in [5, 5.41) is 0. The van der Waals surface area contributed by atoms with E-state index in [1.807, 2.05) is 51.1 Å². The molecule has 1 heterocycles. The second-order valence-corrected chi connectivity index (χ2v) is 5.93. The molecule has 0 spiro atoms. The van der Waals surface area contributed by atoms with Gasteiger partial charge in [-0.1, -0.05) is 30.3 Å². The minimum atomic E-state index is -0.773.